The van der Waals surface area contributed by atoms with Gasteiger partial charge in [-0.3, -0.25) is 0 Å². The number of nitrogens with zero attached hydrogens (tertiary/aromatic N) is 2. The molecule has 4 nitrogen and oxygen atoms in total. The molecule has 1 heterocycles. The monoisotopic (exact) mass is 291 g/mol. The van der Waals surface area contributed by atoms with Crippen molar-refractivity contribution in [2.24, 2.45) is 0 Å². The molecule has 0 unspecified atom stereocenters. The normalized spacial score (nSPS) is 10.6. The quantitative estimate of drug-likeness (QED) is 0.849. The van der Waals surface area contributed by atoms with Gasteiger partial charge < -0.3 is 10.1 Å². The molecule has 0 bridgehead atoms. The smallest absolute Gasteiger partial charge is 0.138 e. The van der Waals surface area contributed by atoms with Crippen LogP contribution in [0.15, 0.2) is 24.3 Å². The first kappa shape index (κ1) is 14.8. The van der Waals surface area contributed by atoms with E-state index < -0.39 is 0 Å². The summed E-state index contributed by atoms with van der Waals surface area (Å²) in [6.07, 6.45) is 0.748. The number of aryl methyl sites for hydroxylation is 1. The highest BCUT2D eigenvalue weighted by Crippen LogP contribution is 2.24. The van der Waals surface area contributed by atoms with Gasteiger partial charge in [0, 0.05) is 24.8 Å². The fourth-order valence-corrected chi connectivity index (χ4v) is 2.04. The molecular weight excluding hydrogens is 274 g/mol. The van der Waals surface area contributed by atoms with E-state index in [9.17, 15) is 0 Å². The molecule has 106 valence electrons. The Morgan fingerprint density at radius 1 is 1.30 bits per heavy atom. The number of rotatable bonds is 5. The van der Waals surface area contributed by atoms with Gasteiger partial charge in [-0.2, -0.15) is 0 Å². The van der Waals surface area contributed by atoms with Crippen molar-refractivity contribution < 1.29 is 4.74 Å². The van der Waals surface area contributed by atoms with Crippen molar-refractivity contribution in [2.45, 2.75) is 26.9 Å². The number of halogens is 1. The zero-order valence-electron chi connectivity index (χ0n) is 11.9. The zero-order valence-corrected chi connectivity index (χ0v) is 12.7. The largest absolute Gasteiger partial charge is 0.380 e. The van der Waals surface area contributed by atoms with Crippen molar-refractivity contribution in [2.75, 3.05) is 12.4 Å². The van der Waals surface area contributed by atoms with E-state index in [0.29, 0.717) is 11.8 Å². The van der Waals surface area contributed by atoms with E-state index in [1.807, 2.05) is 38.1 Å². The van der Waals surface area contributed by atoms with Gasteiger partial charge in [0.05, 0.1) is 6.61 Å². The highest BCUT2D eigenvalue weighted by Gasteiger charge is 2.09. The van der Waals surface area contributed by atoms with Crippen LogP contribution < -0.4 is 5.32 Å². The zero-order chi connectivity index (χ0) is 14.5. The lowest BCUT2D eigenvalue weighted by Gasteiger charge is -2.12. The van der Waals surface area contributed by atoms with Gasteiger partial charge in [-0.15, -0.1) is 0 Å². The highest BCUT2D eigenvalue weighted by atomic mass is 35.5. The predicted octanol–water partition coefficient (Wildman–Crippen LogP) is 3.89. The molecule has 0 saturated heterocycles. The minimum Gasteiger partial charge on any atom is -0.380 e. The third-order valence-electron chi connectivity index (χ3n) is 2.95. The molecule has 0 aliphatic heterocycles. The van der Waals surface area contributed by atoms with Crippen molar-refractivity contribution in [3.05, 3.63) is 46.4 Å². The molecule has 5 heteroatoms. The lowest BCUT2D eigenvalue weighted by Crippen LogP contribution is -2.03. The topological polar surface area (TPSA) is 47.0 Å². The summed E-state index contributed by atoms with van der Waals surface area (Å²) in [7, 11) is 1.68. The van der Waals surface area contributed by atoms with E-state index in [1.165, 1.54) is 0 Å². The Kier molecular flexibility index (Phi) is 4.93. The second kappa shape index (κ2) is 6.68. The Labute approximate surface area is 124 Å². The maximum atomic E-state index is 6.13. The number of hydrogen-bond donors (Lipinski definition) is 1. The number of nitrogens with one attached hydrogen (secondary N) is 1. The molecule has 0 aliphatic carbocycles. The van der Waals surface area contributed by atoms with Gasteiger partial charge in [-0.1, -0.05) is 30.7 Å². The molecule has 0 aliphatic rings. The van der Waals surface area contributed by atoms with Gasteiger partial charge in [-0.25, -0.2) is 9.97 Å². The lowest BCUT2D eigenvalue weighted by molar-refractivity contribution is 0.185. The van der Waals surface area contributed by atoms with Gasteiger partial charge in [0.15, 0.2) is 0 Å². The predicted molar refractivity (Wildman–Crippen MR) is 81.6 cm³/mol. The van der Waals surface area contributed by atoms with E-state index in [-0.39, 0.29) is 0 Å². The maximum Gasteiger partial charge on any atom is 0.138 e. The molecule has 0 amide bonds. The van der Waals surface area contributed by atoms with Crippen molar-refractivity contribution in [3.63, 3.8) is 0 Å². The van der Waals surface area contributed by atoms with Crippen LogP contribution in [0.25, 0.3) is 0 Å². The van der Waals surface area contributed by atoms with Gasteiger partial charge in [0.25, 0.3) is 0 Å². The van der Waals surface area contributed by atoms with Crippen molar-refractivity contribution in [1.82, 2.24) is 9.97 Å². The van der Waals surface area contributed by atoms with E-state index in [4.69, 9.17) is 16.3 Å². The average molecular weight is 292 g/mol. The van der Waals surface area contributed by atoms with Crippen LogP contribution >= 0.6 is 11.6 Å². The summed E-state index contributed by atoms with van der Waals surface area (Å²) in [5.41, 5.74) is 2.91. The Morgan fingerprint density at radius 3 is 2.80 bits per heavy atom. The third kappa shape index (κ3) is 3.46. The molecular formula is C15H18ClN3O. The minimum absolute atomic E-state index is 0.493. The molecule has 0 spiro atoms. The number of benzene rings is 1. The molecule has 0 saturated carbocycles. The first-order valence-electron chi connectivity index (χ1n) is 6.52. The Bertz CT molecular complexity index is 602. The Morgan fingerprint density at radius 2 is 2.10 bits per heavy atom. The van der Waals surface area contributed by atoms with Crippen molar-refractivity contribution in [1.29, 1.82) is 0 Å². The number of anilines is 2. The van der Waals surface area contributed by atoms with Crippen LogP contribution in [0.5, 0.6) is 0 Å². The summed E-state index contributed by atoms with van der Waals surface area (Å²) < 4.78 is 5.14. The van der Waals surface area contributed by atoms with Crippen LogP contribution in [0.2, 0.25) is 5.15 Å². The van der Waals surface area contributed by atoms with Gasteiger partial charge in [0.2, 0.25) is 0 Å². The third-order valence-corrected chi connectivity index (χ3v) is 3.32. The lowest BCUT2D eigenvalue weighted by atomic mass is 10.2. The van der Waals surface area contributed by atoms with Gasteiger partial charge in [0.1, 0.15) is 16.8 Å². The van der Waals surface area contributed by atoms with Crippen LogP contribution in [-0.2, 0) is 17.8 Å². The fourth-order valence-electron chi connectivity index (χ4n) is 1.85. The Hall–Kier alpha value is -1.65. The fraction of sp³-hybridized carbons (Fsp3) is 0.333. The van der Waals surface area contributed by atoms with Gasteiger partial charge >= 0.3 is 0 Å². The van der Waals surface area contributed by atoms with Crippen LogP contribution in [0.4, 0.5) is 11.5 Å². The van der Waals surface area contributed by atoms with E-state index in [1.54, 1.807) is 7.11 Å². The summed E-state index contributed by atoms with van der Waals surface area (Å²) in [6, 6.07) is 8.02. The number of hydrogen-bond acceptors (Lipinski definition) is 4. The summed E-state index contributed by atoms with van der Waals surface area (Å²) in [5.74, 6) is 1.48. The second-order valence-corrected chi connectivity index (χ2v) is 4.87. The number of aromatic nitrogens is 2. The van der Waals surface area contributed by atoms with E-state index >= 15 is 0 Å². The minimum atomic E-state index is 0.493. The standard InChI is InChI=1S/C15H18ClN3O/c1-4-13-18-14(16)10(2)15(19-13)17-12-7-5-6-11(8-12)9-20-3/h5-8H,4,9H2,1-3H3,(H,17,18,19). The summed E-state index contributed by atoms with van der Waals surface area (Å²) in [5, 5.41) is 3.79. The molecule has 2 aromatic rings. The molecule has 0 fully saturated rings. The molecule has 2 rings (SSSR count). The van der Waals surface area contributed by atoms with Crippen LogP contribution in [-0.4, -0.2) is 17.1 Å². The van der Waals surface area contributed by atoms with Crippen molar-refractivity contribution >= 4 is 23.1 Å². The molecule has 1 aromatic heterocycles. The Balaban J connectivity index is 2.29. The van der Waals surface area contributed by atoms with Crippen LogP contribution in [0, 0.1) is 6.92 Å². The average Bonchev–Trinajstić information content (AvgIpc) is 2.44. The molecule has 1 N–H and O–H groups in total. The van der Waals surface area contributed by atoms with E-state index in [0.717, 1.165) is 34.9 Å². The van der Waals surface area contributed by atoms with Gasteiger partial charge in [-0.05, 0) is 24.6 Å². The summed E-state index contributed by atoms with van der Waals surface area (Å²) in [4.78, 5) is 8.72. The van der Waals surface area contributed by atoms with Crippen molar-refractivity contribution in [3.8, 4) is 0 Å². The first-order valence-corrected chi connectivity index (χ1v) is 6.89. The molecule has 0 atom stereocenters. The summed E-state index contributed by atoms with van der Waals surface area (Å²) >= 11 is 6.13. The number of methoxy groups -OCH3 is 1. The first-order chi connectivity index (χ1) is 9.63. The SMILES string of the molecule is CCc1nc(Cl)c(C)c(Nc2cccc(COC)c2)n1. The molecule has 0 radical (unpaired) electrons. The summed E-state index contributed by atoms with van der Waals surface area (Å²) in [6.45, 7) is 4.49. The second-order valence-electron chi connectivity index (χ2n) is 4.52. The molecule has 1 aromatic carbocycles. The number of ether oxygens (including phenoxy) is 1. The van der Waals surface area contributed by atoms with Crippen LogP contribution in [0.1, 0.15) is 23.9 Å². The van der Waals surface area contributed by atoms with E-state index in [2.05, 4.69) is 15.3 Å². The maximum absolute atomic E-state index is 6.13. The highest BCUT2D eigenvalue weighted by molar-refractivity contribution is 6.30. The van der Waals surface area contributed by atoms with Crippen LogP contribution in [0.3, 0.4) is 0 Å². The molecule has 20 heavy (non-hydrogen) atoms.